The van der Waals surface area contributed by atoms with Crippen molar-refractivity contribution in [1.82, 2.24) is 10.6 Å². The molecule has 1 heterocycles. The largest absolute Gasteiger partial charge is 0.481 e. The fourth-order valence-electron chi connectivity index (χ4n) is 5.36. The first kappa shape index (κ1) is 22.4. The Morgan fingerprint density at radius 1 is 1.03 bits per heavy atom. The van der Waals surface area contributed by atoms with Gasteiger partial charge in [-0.05, 0) is 47.9 Å². The molecule has 0 spiro atoms. The average molecular weight is 465 g/mol. The third-order valence-corrected chi connectivity index (χ3v) is 7.19. The maximum atomic E-state index is 12.8. The highest BCUT2D eigenvalue weighted by atomic mass is 16.6. The van der Waals surface area contributed by atoms with Gasteiger partial charge in [-0.15, -0.1) is 0 Å². The van der Waals surface area contributed by atoms with E-state index in [0.29, 0.717) is 25.9 Å². The summed E-state index contributed by atoms with van der Waals surface area (Å²) < 4.78 is 11.2. The molecule has 2 fully saturated rings. The summed E-state index contributed by atoms with van der Waals surface area (Å²) in [5.74, 6) is -1.38. The van der Waals surface area contributed by atoms with Crippen LogP contribution in [0.2, 0.25) is 0 Å². The van der Waals surface area contributed by atoms with Gasteiger partial charge in [0.2, 0.25) is 0 Å². The zero-order valence-electron chi connectivity index (χ0n) is 18.8. The van der Waals surface area contributed by atoms with E-state index in [0.717, 1.165) is 28.7 Å². The minimum absolute atomic E-state index is 0.0495. The molecule has 0 aromatic heterocycles. The standard InChI is InChI=1S/C26H28N2O6/c29-22(30)14-26(11-5-12-26)28-24(31)23-21(10-13-33-23)27-25(32)34-15-20-18-8-3-1-6-16(18)17-7-2-4-9-19(17)20/h1-4,6-9,20-21,23H,5,10-15H2,(H,27,32)(H,28,31)(H,29,30)/t21-,23+/m0/s1. The second kappa shape index (κ2) is 9.10. The van der Waals surface area contributed by atoms with Gasteiger partial charge in [-0.3, -0.25) is 9.59 Å². The molecule has 8 nitrogen and oxygen atoms in total. The van der Waals surface area contributed by atoms with Gasteiger partial charge < -0.3 is 25.2 Å². The van der Waals surface area contributed by atoms with Crippen LogP contribution in [0.15, 0.2) is 48.5 Å². The quantitative estimate of drug-likeness (QED) is 0.580. The third kappa shape index (κ3) is 4.25. The van der Waals surface area contributed by atoms with Crippen molar-refractivity contribution in [2.24, 2.45) is 0 Å². The number of carbonyl (C=O) groups is 3. The van der Waals surface area contributed by atoms with Crippen LogP contribution in [0.3, 0.4) is 0 Å². The van der Waals surface area contributed by atoms with Gasteiger partial charge in [0.15, 0.2) is 6.10 Å². The molecule has 0 bridgehead atoms. The van der Waals surface area contributed by atoms with Crippen molar-refractivity contribution in [2.45, 2.75) is 55.7 Å². The lowest BCUT2D eigenvalue weighted by molar-refractivity contribution is -0.141. The van der Waals surface area contributed by atoms with Crippen LogP contribution in [0, 0.1) is 0 Å². The van der Waals surface area contributed by atoms with Gasteiger partial charge in [-0.25, -0.2) is 4.79 Å². The van der Waals surface area contributed by atoms with E-state index in [4.69, 9.17) is 9.47 Å². The molecule has 1 saturated heterocycles. The van der Waals surface area contributed by atoms with Gasteiger partial charge in [0, 0.05) is 12.5 Å². The van der Waals surface area contributed by atoms with Crippen molar-refractivity contribution in [3.05, 3.63) is 59.7 Å². The van der Waals surface area contributed by atoms with E-state index in [1.54, 1.807) is 0 Å². The Morgan fingerprint density at radius 2 is 1.68 bits per heavy atom. The maximum absolute atomic E-state index is 12.8. The molecule has 2 aliphatic carbocycles. The molecule has 5 rings (SSSR count). The first-order valence-corrected chi connectivity index (χ1v) is 11.7. The minimum Gasteiger partial charge on any atom is -0.481 e. The fraction of sp³-hybridized carbons (Fsp3) is 0.423. The van der Waals surface area contributed by atoms with Gasteiger partial charge in [-0.2, -0.15) is 0 Å². The molecule has 1 saturated carbocycles. The number of carboxylic acid groups (broad SMARTS) is 1. The second-order valence-corrected chi connectivity index (χ2v) is 9.35. The number of ether oxygens (including phenoxy) is 2. The SMILES string of the molecule is O=C(O)CC1(NC(=O)[C@@H]2OCC[C@@H]2NC(=O)OCC2c3ccccc3-c3ccccc32)CCC1. The lowest BCUT2D eigenvalue weighted by Crippen LogP contribution is -2.59. The highest BCUT2D eigenvalue weighted by molar-refractivity contribution is 5.84. The van der Waals surface area contributed by atoms with E-state index < -0.39 is 29.7 Å². The molecule has 2 aromatic rings. The van der Waals surface area contributed by atoms with Crippen LogP contribution in [0.4, 0.5) is 4.79 Å². The number of carbonyl (C=O) groups excluding carboxylic acids is 2. The number of amides is 2. The number of rotatable bonds is 7. The smallest absolute Gasteiger partial charge is 0.407 e. The van der Waals surface area contributed by atoms with Gasteiger partial charge in [-0.1, -0.05) is 48.5 Å². The highest BCUT2D eigenvalue weighted by Gasteiger charge is 2.44. The summed E-state index contributed by atoms with van der Waals surface area (Å²) in [7, 11) is 0. The molecule has 34 heavy (non-hydrogen) atoms. The molecule has 2 amide bonds. The number of fused-ring (bicyclic) bond motifs is 3. The Hall–Kier alpha value is -3.39. The van der Waals surface area contributed by atoms with Crippen LogP contribution in [-0.2, 0) is 19.1 Å². The molecule has 0 radical (unpaired) electrons. The Labute approximate surface area is 197 Å². The second-order valence-electron chi connectivity index (χ2n) is 9.35. The van der Waals surface area contributed by atoms with E-state index in [9.17, 15) is 19.5 Å². The van der Waals surface area contributed by atoms with Gasteiger partial charge in [0.05, 0.1) is 18.0 Å². The topological polar surface area (TPSA) is 114 Å². The molecular weight excluding hydrogens is 436 g/mol. The first-order valence-electron chi connectivity index (χ1n) is 11.7. The summed E-state index contributed by atoms with van der Waals surface area (Å²) >= 11 is 0. The molecule has 2 atom stereocenters. The lowest BCUT2D eigenvalue weighted by Gasteiger charge is -2.42. The van der Waals surface area contributed by atoms with Gasteiger partial charge >= 0.3 is 12.1 Å². The van der Waals surface area contributed by atoms with E-state index in [1.807, 2.05) is 24.3 Å². The summed E-state index contributed by atoms with van der Waals surface area (Å²) in [5, 5.41) is 14.8. The molecule has 3 aliphatic rings. The van der Waals surface area contributed by atoms with Crippen molar-refractivity contribution in [2.75, 3.05) is 13.2 Å². The number of hydrogen-bond donors (Lipinski definition) is 3. The van der Waals surface area contributed by atoms with E-state index in [2.05, 4.69) is 34.9 Å². The molecule has 2 aromatic carbocycles. The van der Waals surface area contributed by atoms with Crippen molar-refractivity contribution in [3.8, 4) is 11.1 Å². The Bertz CT molecular complexity index is 1070. The van der Waals surface area contributed by atoms with Crippen LogP contribution < -0.4 is 10.6 Å². The van der Waals surface area contributed by atoms with Gasteiger partial charge in [0.25, 0.3) is 5.91 Å². The van der Waals surface area contributed by atoms with Gasteiger partial charge in [0.1, 0.15) is 6.61 Å². The predicted octanol–water partition coefficient (Wildman–Crippen LogP) is 3.20. The highest BCUT2D eigenvalue weighted by Crippen LogP contribution is 2.44. The van der Waals surface area contributed by atoms with Crippen LogP contribution in [0.1, 0.15) is 49.1 Å². The first-order chi connectivity index (χ1) is 16.5. The summed E-state index contributed by atoms with van der Waals surface area (Å²) in [5.41, 5.74) is 3.84. The zero-order chi connectivity index (χ0) is 23.7. The number of nitrogens with one attached hydrogen (secondary N) is 2. The Kier molecular flexibility index (Phi) is 6.00. The fourth-order valence-corrected chi connectivity index (χ4v) is 5.36. The van der Waals surface area contributed by atoms with Crippen molar-refractivity contribution < 1.29 is 29.0 Å². The van der Waals surface area contributed by atoms with Crippen molar-refractivity contribution in [1.29, 1.82) is 0 Å². The number of alkyl carbamates (subject to hydrolysis) is 1. The molecule has 8 heteroatoms. The van der Waals surface area contributed by atoms with Crippen LogP contribution in [0.5, 0.6) is 0 Å². The molecular formula is C26H28N2O6. The number of benzene rings is 2. The lowest BCUT2D eigenvalue weighted by atomic mass is 9.74. The molecule has 1 aliphatic heterocycles. The molecule has 178 valence electrons. The number of carboxylic acids is 1. The number of aliphatic carboxylic acids is 1. The van der Waals surface area contributed by atoms with Crippen molar-refractivity contribution in [3.63, 3.8) is 0 Å². The van der Waals surface area contributed by atoms with Crippen LogP contribution in [0.25, 0.3) is 11.1 Å². The third-order valence-electron chi connectivity index (χ3n) is 7.19. The normalized spacial score (nSPS) is 22.2. The van der Waals surface area contributed by atoms with Crippen molar-refractivity contribution >= 4 is 18.0 Å². The monoisotopic (exact) mass is 464 g/mol. The number of hydrogen-bond acceptors (Lipinski definition) is 5. The van der Waals surface area contributed by atoms with E-state index in [1.165, 1.54) is 0 Å². The predicted molar refractivity (Wildman–Crippen MR) is 123 cm³/mol. The average Bonchev–Trinajstić information content (AvgIpc) is 3.38. The maximum Gasteiger partial charge on any atom is 0.407 e. The molecule has 3 N–H and O–H groups in total. The van der Waals surface area contributed by atoms with Crippen LogP contribution >= 0.6 is 0 Å². The van der Waals surface area contributed by atoms with E-state index in [-0.39, 0.29) is 24.9 Å². The molecule has 0 unspecified atom stereocenters. The zero-order valence-corrected chi connectivity index (χ0v) is 18.8. The Morgan fingerprint density at radius 3 is 2.26 bits per heavy atom. The minimum atomic E-state index is -0.944. The summed E-state index contributed by atoms with van der Waals surface area (Å²) in [6.07, 6.45) is 1.03. The summed E-state index contributed by atoms with van der Waals surface area (Å²) in [4.78, 5) is 36.7. The summed E-state index contributed by atoms with van der Waals surface area (Å²) in [6.45, 7) is 0.518. The summed E-state index contributed by atoms with van der Waals surface area (Å²) in [6, 6.07) is 15.7. The van der Waals surface area contributed by atoms with E-state index >= 15 is 0 Å². The van der Waals surface area contributed by atoms with Crippen LogP contribution in [-0.4, -0.2) is 54.0 Å². The Balaban J connectivity index is 1.20.